The van der Waals surface area contributed by atoms with Crippen molar-refractivity contribution in [1.82, 2.24) is 4.72 Å². The number of halogens is 1. The molecule has 1 aromatic rings. The van der Waals surface area contributed by atoms with Gasteiger partial charge in [0, 0.05) is 23.5 Å². The third kappa shape index (κ3) is 8.34. The maximum absolute atomic E-state index is 13.4. The van der Waals surface area contributed by atoms with Crippen LogP contribution in [0.2, 0.25) is 5.02 Å². The molecule has 8 heteroatoms. The van der Waals surface area contributed by atoms with Gasteiger partial charge in [0.1, 0.15) is 11.5 Å². The Balaban J connectivity index is 2.42. The summed E-state index contributed by atoms with van der Waals surface area (Å²) in [6.07, 6.45) is 3.52. The van der Waals surface area contributed by atoms with Gasteiger partial charge in [0.25, 0.3) is 0 Å². The number of benzene rings is 1. The molecule has 206 valence electrons. The van der Waals surface area contributed by atoms with E-state index in [1.807, 2.05) is 45.9 Å². The maximum Gasteiger partial charge on any atom is 0.311 e. The van der Waals surface area contributed by atoms with Crippen molar-refractivity contribution in [3.63, 3.8) is 0 Å². The lowest BCUT2D eigenvalue weighted by Crippen LogP contribution is -2.58. The number of ether oxygens (including phenoxy) is 3. The topological polar surface area (TPSA) is 79.9 Å². The number of nitrogens with one attached hydrogen (secondary N) is 1. The highest BCUT2D eigenvalue weighted by Crippen LogP contribution is 2.48. The number of hydrogen-bond donors (Lipinski definition) is 1. The van der Waals surface area contributed by atoms with E-state index in [2.05, 4.69) is 25.5 Å². The van der Waals surface area contributed by atoms with E-state index in [-0.39, 0.29) is 24.1 Å². The Bertz CT molecular complexity index is 862. The summed E-state index contributed by atoms with van der Waals surface area (Å²) in [5.74, 6) is -0.450. The number of aryl methyl sites for hydroxylation is 1. The van der Waals surface area contributed by atoms with Gasteiger partial charge in [-0.25, -0.2) is 0 Å². The van der Waals surface area contributed by atoms with Crippen molar-refractivity contribution in [2.24, 2.45) is 23.2 Å². The highest BCUT2D eigenvalue weighted by molar-refractivity contribution is 7.90. The fraction of sp³-hybridized carbons (Fsp3) is 0.750. The van der Waals surface area contributed by atoms with E-state index >= 15 is 0 Å². The monoisotopic (exact) mass is 543 g/mol. The molecule has 0 bridgehead atoms. The van der Waals surface area contributed by atoms with Crippen molar-refractivity contribution >= 4 is 28.9 Å². The summed E-state index contributed by atoms with van der Waals surface area (Å²) < 4.78 is 32.0. The van der Waals surface area contributed by atoms with E-state index < -0.39 is 27.6 Å². The summed E-state index contributed by atoms with van der Waals surface area (Å²) >= 11 is 5.36. The minimum Gasteiger partial charge on any atom is -0.598 e. The van der Waals surface area contributed by atoms with Gasteiger partial charge in [-0.15, -0.1) is 4.72 Å². The Kier molecular flexibility index (Phi) is 11.2. The van der Waals surface area contributed by atoms with Crippen molar-refractivity contribution < 1.29 is 23.6 Å². The smallest absolute Gasteiger partial charge is 0.311 e. The number of hydrogen-bond acceptors (Lipinski definition) is 6. The van der Waals surface area contributed by atoms with Gasteiger partial charge < -0.3 is 18.8 Å². The van der Waals surface area contributed by atoms with Crippen molar-refractivity contribution in [3.05, 3.63) is 34.3 Å². The van der Waals surface area contributed by atoms with Crippen LogP contribution in [-0.2, 0) is 42.3 Å². The lowest BCUT2D eigenvalue weighted by atomic mass is 9.62. The third-order valence-corrected chi connectivity index (χ3v) is 9.11. The van der Waals surface area contributed by atoms with E-state index in [0.29, 0.717) is 17.5 Å². The van der Waals surface area contributed by atoms with Gasteiger partial charge in [0.05, 0.1) is 25.2 Å². The average Bonchev–Trinajstić information content (AvgIpc) is 2.74. The molecule has 36 heavy (non-hydrogen) atoms. The lowest BCUT2D eigenvalue weighted by molar-refractivity contribution is -0.155. The number of methoxy groups -OCH3 is 2. The van der Waals surface area contributed by atoms with Crippen LogP contribution in [0.15, 0.2) is 18.2 Å². The van der Waals surface area contributed by atoms with E-state index in [1.54, 1.807) is 7.11 Å². The predicted molar refractivity (Wildman–Crippen MR) is 147 cm³/mol. The molecule has 2 rings (SSSR count). The first-order valence-corrected chi connectivity index (χ1v) is 14.3. The zero-order valence-electron chi connectivity index (χ0n) is 23.5. The number of carbonyl (C=O) groups excluding carboxylic acids is 1. The second-order valence-electron chi connectivity index (χ2n) is 12.4. The summed E-state index contributed by atoms with van der Waals surface area (Å²) in [6, 6.07) is 5.99. The Labute approximate surface area is 226 Å². The van der Waals surface area contributed by atoms with Crippen molar-refractivity contribution in [3.8, 4) is 0 Å². The summed E-state index contributed by atoms with van der Waals surface area (Å²) in [5, 5.41) is 0.661. The Morgan fingerprint density at radius 2 is 1.81 bits per heavy atom. The summed E-state index contributed by atoms with van der Waals surface area (Å²) in [6.45, 7) is 15.2. The normalized spacial score (nSPS) is 21.9. The molecule has 0 aromatic heterocycles. The zero-order valence-corrected chi connectivity index (χ0v) is 25.1. The van der Waals surface area contributed by atoms with Crippen LogP contribution in [0.4, 0.5) is 0 Å². The summed E-state index contributed by atoms with van der Waals surface area (Å²) in [5.41, 5.74) is 1.16. The molecule has 1 unspecified atom stereocenters. The Morgan fingerprint density at radius 1 is 1.17 bits per heavy atom. The highest BCUT2D eigenvalue weighted by Gasteiger charge is 2.53. The zero-order chi connectivity index (χ0) is 27.3. The van der Waals surface area contributed by atoms with Gasteiger partial charge >= 0.3 is 5.97 Å². The van der Waals surface area contributed by atoms with Gasteiger partial charge in [-0.1, -0.05) is 44.5 Å². The number of carbonyl (C=O) groups is 1. The van der Waals surface area contributed by atoms with Crippen LogP contribution in [-0.4, -0.2) is 42.9 Å². The third-order valence-electron chi connectivity index (χ3n) is 7.03. The molecular formula is C28H46ClNO5S. The van der Waals surface area contributed by atoms with Gasteiger partial charge in [-0.3, -0.25) is 4.79 Å². The first-order valence-electron chi connectivity index (χ1n) is 12.8. The molecule has 0 amide bonds. The van der Waals surface area contributed by atoms with E-state index in [0.717, 1.165) is 36.8 Å². The van der Waals surface area contributed by atoms with Gasteiger partial charge in [0.15, 0.2) is 0 Å². The van der Waals surface area contributed by atoms with Crippen LogP contribution in [0.25, 0.3) is 0 Å². The number of esters is 1. The molecule has 0 radical (unpaired) electrons. The molecule has 0 heterocycles. The molecule has 1 aliphatic rings. The van der Waals surface area contributed by atoms with Crippen LogP contribution < -0.4 is 4.72 Å². The fourth-order valence-electron chi connectivity index (χ4n) is 4.75. The average molecular weight is 544 g/mol. The van der Waals surface area contributed by atoms with Crippen molar-refractivity contribution in [2.75, 3.05) is 27.6 Å². The van der Waals surface area contributed by atoms with E-state index in [4.69, 9.17) is 25.8 Å². The molecule has 0 aliphatic heterocycles. The second-order valence-corrected chi connectivity index (χ2v) is 14.8. The van der Waals surface area contributed by atoms with Crippen LogP contribution in [0.1, 0.15) is 78.9 Å². The molecule has 1 aliphatic carbocycles. The highest BCUT2D eigenvalue weighted by atomic mass is 35.5. The predicted octanol–water partition coefficient (Wildman–Crippen LogP) is 6.02. The molecule has 1 aromatic carbocycles. The lowest BCUT2D eigenvalue weighted by Gasteiger charge is -2.47. The van der Waals surface area contributed by atoms with Crippen LogP contribution >= 0.6 is 11.6 Å². The van der Waals surface area contributed by atoms with Crippen LogP contribution in [0.5, 0.6) is 0 Å². The van der Waals surface area contributed by atoms with Crippen molar-refractivity contribution in [2.45, 2.75) is 84.4 Å². The molecular weight excluding hydrogens is 498 g/mol. The number of rotatable bonds is 12. The van der Waals surface area contributed by atoms with Gasteiger partial charge in [-0.2, -0.15) is 0 Å². The largest absolute Gasteiger partial charge is 0.598 e. The molecule has 1 saturated carbocycles. The molecule has 0 spiro atoms. The molecule has 6 nitrogen and oxygen atoms in total. The standard InChI is InChI=1S/C28H46ClNO5S/c1-26(2,3)13-12-20-10-11-22(16-23(20)29)28(7,30-36(32)27(4,5)6)24(25(31)34-9)21-14-19(15-21)17-35-18-33-8/h10-11,16,19,21,24,30H,12-15,17-18H2,1-9H3/t19?,21?,24?,28-,36-/m0/s1. The molecule has 0 saturated heterocycles. The second kappa shape index (κ2) is 12.8. The molecule has 3 atom stereocenters. The Morgan fingerprint density at radius 3 is 2.31 bits per heavy atom. The van der Waals surface area contributed by atoms with Crippen LogP contribution in [0.3, 0.4) is 0 Å². The first-order chi connectivity index (χ1) is 16.6. The minimum atomic E-state index is -1.42. The summed E-state index contributed by atoms with van der Waals surface area (Å²) in [4.78, 5) is 13.3. The van der Waals surface area contributed by atoms with E-state index in [9.17, 15) is 9.35 Å². The summed E-state index contributed by atoms with van der Waals surface area (Å²) in [7, 11) is 3.01. The first kappa shape index (κ1) is 31.4. The maximum atomic E-state index is 13.4. The van der Waals surface area contributed by atoms with E-state index in [1.165, 1.54) is 7.11 Å². The van der Waals surface area contributed by atoms with Gasteiger partial charge in [-0.05, 0) is 87.8 Å². The van der Waals surface area contributed by atoms with Crippen LogP contribution in [0, 0.1) is 23.2 Å². The van der Waals surface area contributed by atoms with Crippen molar-refractivity contribution in [1.29, 1.82) is 0 Å². The minimum absolute atomic E-state index is 0.0578. The fourth-order valence-corrected chi connectivity index (χ4v) is 5.96. The van der Waals surface area contributed by atoms with Gasteiger partial charge in [0.2, 0.25) is 0 Å². The SMILES string of the molecule is COCOCC1CC(C(C(=O)OC)[C@@](C)(N[S@@+]([O-])C(C)(C)C)c2ccc(CCC(C)(C)C)c(Cl)c2)C1. The Hall–Kier alpha value is -0.830. The quantitative estimate of drug-likeness (QED) is 0.150. The molecule has 1 fully saturated rings. The molecule has 1 N–H and O–H groups in total.